The molecular formula is C12H20F2N4O. The van der Waals surface area contributed by atoms with E-state index in [-0.39, 0.29) is 12.0 Å². The average molecular weight is 274 g/mol. The number of nitrogens with zero attached hydrogens (tertiary/aromatic N) is 2. The first-order valence-corrected chi connectivity index (χ1v) is 6.04. The van der Waals surface area contributed by atoms with Crippen molar-refractivity contribution in [2.75, 3.05) is 18.6 Å². The maximum absolute atomic E-state index is 11.9. The SMILES string of the molecule is CC(C)(C)c1cc(NN)nc(CCOCC(F)F)n1. The molecule has 0 atom stereocenters. The molecular weight excluding hydrogens is 254 g/mol. The van der Waals surface area contributed by atoms with Crippen molar-refractivity contribution in [2.45, 2.75) is 39.0 Å². The average Bonchev–Trinajstić information content (AvgIpc) is 2.33. The van der Waals surface area contributed by atoms with E-state index in [9.17, 15) is 8.78 Å². The molecule has 1 heterocycles. The molecule has 0 unspecified atom stereocenters. The number of nitrogens with two attached hydrogens (primary N) is 1. The van der Waals surface area contributed by atoms with Gasteiger partial charge in [-0.15, -0.1) is 0 Å². The normalized spacial score (nSPS) is 11.9. The summed E-state index contributed by atoms with van der Waals surface area (Å²) in [6, 6.07) is 1.77. The zero-order valence-corrected chi connectivity index (χ0v) is 11.4. The molecule has 0 saturated heterocycles. The van der Waals surface area contributed by atoms with Crippen LogP contribution in [0, 0.1) is 0 Å². The molecule has 0 aromatic carbocycles. The number of hydrazine groups is 1. The first-order valence-electron chi connectivity index (χ1n) is 6.04. The predicted octanol–water partition coefficient (Wildman–Crippen LogP) is 1.88. The van der Waals surface area contributed by atoms with Gasteiger partial charge < -0.3 is 10.2 Å². The van der Waals surface area contributed by atoms with E-state index >= 15 is 0 Å². The Morgan fingerprint density at radius 3 is 2.58 bits per heavy atom. The third-order valence-electron chi connectivity index (χ3n) is 2.40. The molecule has 0 fully saturated rings. The Hall–Kier alpha value is -1.34. The smallest absolute Gasteiger partial charge is 0.261 e. The van der Waals surface area contributed by atoms with Crippen molar-refractivity contribution >= 4 is 5.82 Å². The Morgan fingerprint density at radius 2 is 2.05 bits per heavy atom. The third kappa shape index (κ3) is 5.44. The molecule has 1 rings (SSSR count). The summed E-state index contributed by atoms with van der Waals surface area (Å²) in [6.45, 7) is 5.65. The highest BCUT2D eigenvalue weighted by atomic mass is 19.3. The zero-order chi connectivity index (χ0) is 14.5. The van der Waals surface area contributed by atoms with Crippen LogP contribution in [0.4, 0.5) is 14.6 Å². The van der Waals surface area contributed by atoms with Crippen molar-refractivity contribution in [1.82, 2.24) is 9.97 Å². The van der Waals surface area contributed by atoms with Crippen molar-refractivity contribution in [3.63, 3.8) is 0 Å². The van der Waals surface area contributed by atoms with Gasteiger partial charge in [0.25, 0.3) is 6.43 Å². The number of rotatable bonds is 6. The van der Waals surface area contributed by atoms with E-state index < -0.39 is 13.0 Å². The molecule has 0 amide bonds. The number of hydrogen-bond acceptors (Lipinski definition) is 5. The van der Waals surface area contributed by atoms with E-state index in [2.05, 4.69) is 15.4 Å². The number of nitrogens with one attached hydrogen (secondary N) is 1. The minimum absolute atomic E-state index is 0.146. The van der Waals surface area contributed by atoms with Crippen LogP contribution in [0.2, 0.25) is 0 Å². The molecule has 0 aliphatic carbocycles. The van der Waals surface area contributed by atoms with Gasteiger partial charge in [0.1, 0.15) is 18.2 Å². The van der Waals surface area contributed by atoms with Crippen LogP contribution in [0.25, 0.3) is 0 Å². The van der Waals surface area contributed by atoms with Gasteiger partial charge in [-0.25, -0.2) is 24.6 Å². The lowest BCUT2D eigenvalue weighted by atomic mass is 9.92. The maximum atomic E-state index is 11.9. The highest BCUT2D eigenvalue weighted by Gasteiger charge is 2.17. The van der Waals surface area contributed by atoms with Gasteiger partial charge in [-0.05, 0) is 0 Å². The van der Waals surface area contributed by atoms with Crippen LogP contribution < -0.4 is 11.3 Å². The monoisotopic (exact) mass is 274 g/mol. The van der Waals surface area contributed by atoms with Crippen molar-refractivity contribution in [3.05, 3.63) is 17.6 Å². The molecule has 0 radical (unpaired) electrons. The van der Waals surface area contributed by atoms with Gasteiger partial charge in [0.2, 0.25) is 0 Å². The Labute approximate surface area is 111 Å². The number of ether oxygens (including phenoxy) is 1. The van der Waals surface area contributed by atoms with Crippen LogP contribution >= 0.6 is 0 Å². The lowest BCUT2D eigenvalue weighted by molar-refractivity contribution is 0.0182. The van der Waals surface area contributed by atoms with Gasteiger partial charge in [-0.1, -0.05) is 20.8 Å². The summed E-state index contributed by atoms with van der Waals surface area (Å²) in [5.74, 6) is 6.38. The van der Waals surface area contributed by atoms with Crippen molar-refractivity contribution in [3.8, 4) is 0 Å². The topological polar surface area (TPSA) is 73.1 Å². The van der Waals surface area contributed by atoms with E-state index in [0.717, 1.165) is 5.69 Å². The molecule has 7 heteroatoms. The van der Waals surface area contributed by atoms with Crippen LogP contribution in [-0.2, 0) is 16.6 Å². The molecule has 0 aliphatic rings. The molecule has 3 N–H and O–H groups in total. The summed E-state index contributed by atoms with van der Waals surface area (Å²) in [7, 11) is 0. The molecule has 5 nitrogen and oxygen atoms in total. The number of aromatic nitrogens is 2. The standard InChI is InChI=1S/C12H20F2N4O/c1-12(2,3)8-6-11(18-15)17-10(16-8)4-5-19-7-9(13)14/h6,9H,4-5,7,15H2,1-3H3,(H,16,17,18). The first kappa shape index (κ1) is 15.7. The van der Waals surface area contributed by atoms with Gasteiger partial charge in [-0.2, -0.15) is 0 Å². The molecule has 0 aliphatic heterocycles. The molecule has 0 saturated carbocycles. The highest BCUT2D eigenvalue weighted by Crippen LogP contribution is 2.22. The minimum atomic E-state index is -2.46. The lowest BCUT2D eigenvalue weighted by Crippen LogP contribution is -2.19. The predicted molar refractivity (Wildman–Crippen MR) is 69.1 cm³/mol. The lowest BCUT2D eigenvalue weighted by Gasteiger charge is -2.19. The number of alkyl halides is 2. The van der Waals surface area contributed by atoms with Gasteiger partial charge in [0.15, 0.2) is 0 Å². The Bertz CT molecular complexity index is 407. The van der Waals surface area contributed by atoms with Crippen LogP contribution in [-0.4, -0.2) is 29.6 Å². The van der Waals surface area contributed by atoms with Gasteiger partial charge in [0, 0.05) is 17.9 Å². The highest BCUT2D eigenvalue weighted by molar-refractivity contribution is 5.36. The minimum Gasteiger partial charge on any atom is -0.375 e. The van der Waals surface area contributed by atoms with E-state index in [1.165, 1.54) is 0 Å². The molecule has 0 spiro atoms. The quantitative estimate of drug-likeness (QED) is 0.471. The van der Waals surface area contributed by atoms with Crippen LogP contribution in [0.1, 0.15) is 32.3 Å². The van der Waals surface area contributed by atoms with Crippen LogP contribution in [0.15, 0.2) is 6.07 Å². The van der Waals surface area contributed by atoms with E-state index in [1.807, 2.05) is 20.8 Å². The second-order valence-electron chi connectivity index (χ2n) is 5.16. The summed E-state index contributed by atoms with van der Waals surface area (Å²) in [6.07, 6.45) is -2.09. The third-order valence-corrected chi connectivity index (χ3v) is 2.40. The van der Waals surface area contributed by atoms with Gasteiger partial charge in [0.05, 0.1) is 12.3 Å². The van der Waals surface area contributed by atoms with Crippen molar-refractivity contribution in [1.29, 1.82) is 0 Å². The summed E-state index contributed by atoms with van der Waals surface area (Å²) >= 11 is 0. The Balaban J connectivity index is 2.72. The fraction of sp³-hybridized carbons (Fsp3) is 0.667. The largest absolute Gasteiger partial charge is 0.375 e. The maximum Gasteiger partial charge on any atom is 0.261 e. The Kier molecular flexibility index (Phi) is 5.56. The van der Waals surface area contributed by atoms with E-state index in [4.69, 9.17) is 10.6 Å². The summed E-state index contributed by atoms with van der Waals surface area (Å²) in [4.78, 5) is 8.56. The molecule has 0 bridgehead atoms. The second kappa shape index (κ2) is 6.72. The van der Waals surface area contributed by atoms with Crippen molar-refractivity contribution < 1.29 is 13.5 Å². The number of anilines is 1. The molecule has 1 aromatic rings. The summed E-state index contributed by atoms with van der Waals surface area (Å²) in [5, 5.41) is 0. The summed E-state index contributed by atoms with van der Waals surface area (Å²) < 4.78 is 28.7. The van der Waals surface area contributed by atoms with Gasteiger partial charge >= 0.3 is 0 Å². The molecule has 19 heavy (non-hydrogen) atoms. The first-order chi connectivity index (χ1) is 8.82. The zero-order valence-electron chi connectivity index (χ0n) is 11.4. The Morgan fingerprint density at radius 1 is 1.37 bits per heavy atom. The van der Waals surface area contributed by atoms with Crippen LogP contribution in [0.3, 0.4) is 0 Å². The number of nitrogen functional groups attached to an aromatic ring is 1. The fourth-order valence-corrected chi connectivity index (χ4v) is 1.40. The summed E-state index contributed by atoms with van der Waals surface area (Å²) in [5.41, 5.74) is 3.16. The van der Waals surface area contributed by atoms with E-state index in [1.54, 1.807) is 6.07 Å². The van der Waals surface area contributed by atoms with Crippen LogP contribution in [0.5, 0.6) is 0 Å². The van der Waals surface area contributed by atoms with Crippen molar-refractivity contribution in [2.24, 2.45) is 5.84 Å². The number of hydrogen-bond donors (Lipinski definition) is 2. The second-order valence-corrected chi connectivity index (χ2v) is 5.16. The number of halogens is 2. The fourth-order valence-electron chi connectivity index (χ4n) is 1.40. The van der Waals surface area contributed by atoms with E-state index in [0.29, 0.717) is 18.1 Å². The molecule has 1 aromatic heterocycles. The molecule has 108 valence electrons. The van der Waals surface area contributed by atoms with Gasteiger partial charge in [-0.3, -0.25) is 0 Å².